The van der Waals surface area contributed by atoms with Crippen LogP contribution in [-0.2, 0) is 9.59 Å². The van der Waals surface area contributed by atoms with Crippen molar-refractivity contribution in [2.45, 2.75) is 44.9 Å². The summed E-state index contributed by atoms with van der Waals surface area (Å²) < 4.78 is 0. The van der Waals surface area contributed by atoms with Crippen LogP contribution in [0.3, 0.4) is 0 Å². The van der Waals surface area contributed by atoms with E-state index in [1.165, 1.54) is 0 Å². The summed E-state index contributed by atoms with van der Waals surface area (Å²) in [5, 5.41) is 38.1. The Hall–Kier alpha value is -1.25. The molecule has 216 valence electrons. The van der Waals surface area contributed by atoms with Crippen molar-refractivity contribution in [1.82, 2.24) is 36.8 Å². The van der Waals surface area contributed by atoms with Crippen molar-refractivity contribution in [3.05, 3.63) is 0 Å². The van der Waals surface area contributed by atoms with Gasteiger partial charge < -0.3 is 47.8 Å². The topological polar surface area (TPSA) is 176 Å². The molecule has 14 heteroatoms. The Labute approximate surface area is 225 Å². The highest BCUT2D eigenvalue weighted by molar-refractivity contribution is 6.33. The first-order valence-electron chi connectivity index (χ1n) is 14.1. The highest BCUT2D eigenvalue weighted by Gasteiger charge is 2.11. The zero-order chi connectivity index (χ0) is 27.6. The van der Waals surface area contributed by atoms with Crippen molar-refractivity contribution >= 4 is 26.4 Å². The average molecular weight is 528 g/mol. The fraction of sp³-hybridized carbons (Fsp3) is 0.913. The van der Waals surface area contributed by atoms with E-state index in [1.807, 2.05) is 0 Å². The number of nitrogens with two attached hydrogens (primary N) is 1. The van der Waals surface area contributed by atoms with Gasteiger partial charge in [0.25, 0.3) is 0 Å². The molecule has 0 radical (unpaired) electrons. The molecule has 0 aliphatic carbocycles. The molecule has 37 heavy (non-hydrogen) atoms. The number of carbonyl (C=O) groups excluding carboxylic acids is 2. The molecule has 12 nitrogen and oxygen atoms in total. The molecule has 0 aliphatic heterocycles. The van der Waals surface area contributed by atoms with Gasteiger partial charge in [-0.1, -0.05) is 26.3 Å². The van der Waals surface area contributed by atoms with Gasteiger partial charge in [0.2, 0.25) is 11.8 Å². The summed E-state index contributed by atoms with van der Waals surface area (Å²) in [6.45, 7) is 13.6. The van der Waals surface area contributed by atoms with Crippen LogP contribution in [0, 0.1) is 0 Å². The molecule has 0 aromatic rings. The predicted octanol–water partition coefficient (Wildman–Crippen LogP) is -4.24. The molecule has 0 bridgehead atoms. The second-order valence-electron chi connectivity index (χ2n) is 9.31. The van der Waals surface area contributed by atoms with E-state index >= 15 is 0 Å². The quantitative estimate of drug-likeness (QED) is 0.0289. The van der Waals surface area contributed by atoms with Crippen molar-refractivity contribution in [3.8, 4) is 0 Å². The Morgan fingerprint density at radius 2 is 1.22 bits per heavy atom. The Bertz CT molecular complexity index is 555. The summed E-state index contributed by atoms with van der Waals surface area (Å²) in [6.07, 6.45) is 0.833. The van der Waals surface area contributed by atoms with Crippen LogP contribution in [0.2, 0.25) is 26.3 Å². The van der Waals surface area contributed by atoms with Gasteiger partial charge in [0.15, 0.2) is 0 Å². The highest BCUT2D eigenvalue weighted by Crippen LogP contribution is 1.96. The molecule has 0 spiro atoms. The predicted molar refractivity (Wildman–Crippen MR) is 155 cm³/mol. The van der Waals surface area contributed by atoms with E-state index in [0.717, 1.165) is 73.0 Å². The van der Waals surface area contributed by atoms with Crippen LogP contribution < -0.4 is 37.6 Å². The van der Waals surface area contributed by atoms with E-state index in [-0.39, 0.29) is 30.4 Å². The van der Waals surface area contributed by atoms with Crippen LogP contribution in [0.4, 0.5) is 0 Å². The van der Waals surface area contributed by atoms with E-state index in [0.29, 0.717) is 45.8 Å². The summed E-state index contributed by atoms with van der Waals surface area (Å²) in [6, 6.07) is 0. The van der Waals surface area contributed by atoms with E-state index in [1.54, 1.807) is 0 Å². The summed E-state index contributed by atoms with van der Waals surface area (Å²) >= 11 is 0. The van der Waals surface area contributed by atoms with Crippen molar-refractivity contribution in [1.29, 1.82) is 0 Å². The van der Waals surface area contributed by atoms with E-state index in [2.05, 4.69) is 50.4 Å². The maximum atomic E-state index is 11.9. The smallest absolute Gasteiger partial charge is 0.229 e. The Morgan fingerprint density at radius 3 is 1.76 bits per heavy atom. The molecule has 2 amide bonds. The molecule has 0 saturated heterocycles. The fourth-order valence-corrected chi connectivity index (χ4v) is 3.72. The average Bonchev–Trinajstić information content (AvgIpc) is 2.85. The summed E-state index contributed by atoms with van der Waals surface area (Å²) in [7, 11) is 1.94. The number of aliphatic hydroxyl groups excluding tert-OH is 2. The normalized spacial score (nSPS) is 12.8. The first-order chi connectivity index (χ1) is 17.9. The lowest BCUT2D eigenvalue weighted by Gasteiger charge is -2.24. The number of nitrogens with one attached hydrogen (secondary N) is 6. The van der Waals surface area contributed by atoms with Crippen molar-refractivity contribution in [3.63, 3.8) is 0 Å². The summed E-state index contributed by atoms with van der Waals surface area (Å²) in [4.78, 5) is 26.0. The largest absolute Gasteiger partial charge is 0.393 e. The number of hydrogen-bond acceptors (Lipinski definition) is 10. The third-order valence-corrected chi connectivity index (χ3v) is 5.67. The van der Waals surface area contributed by atoms with Crippen molar-refractivity contribution in [2.75, 3.05) is 91.6 Å². The van der Waals surface area contributed by atoms with E-state index in [4.69, 9.17) is 5.73 Å². The molecule has 0 aliphatic rings. The Balaban J connectivity index is 3.58. The lowest BCUT2D eigenvalue weighted by molar-refractivity contribution is -0.129. The number of amides is 2. The van der Waals surface area contributed by atoms with Gasteiger partial charge in [0.1, 0.15) is 21.0 Å². The second kappa shape index (κ2) is 26.4. The molecule has 0 rings (SSSR count). The van der Waals surface area contributed by atoms with Crippen LogP contribution in [0.25, 0.3) is 0 Å². The van der Waals surface area contributed by atoms with Crippen molar-refractivity contribution in [2.24, 2.45) is 5.73 Å². The monoisotopic (exact) mass is 528 g/mol. The van der Waals surface area contributed by atoms with E-state index in [9.17, 15) is 19.8 Å². The van der Waals surface area contributed by atoms with E-state index < -0.39 is 0 Å². The number of carbonyl (C=O) groups is 2. The van der Waals surface area contributed by atoms with Gasteiger partial charge in [0, 0.05) is 91.6 Å². The maximum absolute atomic E-state index is 11.9. The second-order valence-corrected chi connectivity index (χ2v) is 9.31. The van der Waals surface area contributed by atoms with Crippen molar-refractivity contribution < 1.29 is 19.8 Å². The fourth-order valence-electron chi connectivity index (χ4n) is 3.72. The number of nitrogens with zero attached hydrogens (tertiary/aromatic N) is 1. The zero-order valence-corrected chi connectivity index (χ0v) is 23.3. The van der Waals surface area contributed by atoms with Gasteiger partial charge in [0.05, 0.1) is 12.2 Å². The minimum atomic E-state index is -0.329. The standard InChI is InChI=1S/C23H54B2N8O4/c1-24-16-20(34)18-30-7-6-27-4-5-28-8-10-31-22(36)15-23(37)32-11-9-29-12-14-33(13-3-26)19-21(35)17-25-2/h20-21,24-25,27-30,34-35H,3-19,26H2,1-2H3,(H,31,36)(H,32,37). The molecule has 10 N–H and O–H groups in total. The van der Waals surface area contributed by atoms with Gasteiger partial charge in [-0.3, -0.25) is 14.5 Å². The van der Waals surface area contributed by atoms with Crippen LogP contribution in [0.15, 0.2) is 0 Å². The first-order valence-corrected chi connectivity index (χ1v) is 14.1. The minimum absolute atomic E-state index is 0.179. The zero-order valence-electron chi connectivity index (χ0n) is 23.3. The van der Waals surface area contributed by atoms with Gasteiger partial charge in [-0.2, -0.15) is 0 Å². The van der Waals surface area contributed by atoms with Crippen LogP contribution in [0.5, 0.6) is 0 Å². The molecule has 0 fully saturated rings. The number of rotatable bonds is 27. The lowest BCUT2D eigenvalue weighted by atomic mass is 9.75. The van der Waals surface area contributed by atoms with Crippen LogP contribution >= 0.6 is 0 Å². The molecule has 2 unspecified atom stereocenters. The summed E-state index contributed by atoms with van der Waals surface area (Å²) in [5.41, 5.74) is 5.66. The van der Waals surface area contributed by atoms with Gasteiger partial charge in [-0.15, -0.1) is 0 Å². The Morgan fingerprint density at radius 1 is 0.730 bits per heavy atom. The molecule has 0 heterocycles. The SMILES string of the molecule is CBCC(O)CNCCNCCNCCNC(=O)CC(=O)NCCNCCN(CCN)CC(O)CBC. The molecular formula is C23H54B2N8O4. The van der Waals surface area contributed by atoms with Crippen LogP contribution in [-0.4, -0.2) is 145 Å². The van der Waals surface area contributed by atoms with Crippen LogP contribution in [0.1, 0.15) is 6.42 Å². The van der Waals surface area contributed by atoms with Gasteiger partial charge in [-0.05, 0) is 0 Å². The molecule has 0 saturated carbocycles. The first kappa shape index (κ1) is 35.7. The lowest BCUT2D eigenvalue weighted by Crippen LogP contribution is -2.42. The summed E-state index contributed by atoms with van der Waals surface area (Å²) in [5.74, 6) is -0.579. The third-order valence-electron chi connectivity index (χ3n) is 5.67. The number of aliphatic hydroxyl groups is 2. The molecular weight excluding hydrogens is 474 g/mol. The van der Waals surface area contributed by atoms with Gasteiger partial charge >= 0.3 is 0 Å². The minimum Gasteiger partial charge on any atom is -0.393 e. The molecule has 0 aromatic carbocycles. The Kier molecular flexibility index (Phi) is 25.5. The third kappa shape index (κ3) is 24.8. The molecule has 2 atom stereocenters. The molecule has 0 aromatic heterocycles. The van der Waals surface area contributed by atoms with Gasteiger partial charge in [-0.25, -0.2) is 0 Å². The number of hydrogen-bond donors (Lipinski definition) is 9. The maximum Gasteiger partial charge on any atom is 0.229 e. The highest BCUT2D eigenvalue weighted by atomic mass is 16.3.